The van der Waals surface area contributed by atoms with Crippen LogP contribution in [0.2, 0.25) is 0 Å². The molecular formula is C24H18N2O5S. The van der Waals surface area contributed by atoms with E-state index < -0.39 is 21.7 Å². The molecule has 2 aliphatic carbocycles. The van der Waals surface area contributed by atoms with Gasteiger partial charge >= 0.3 is 0 Å². The van der Waals surface area contributed by atoms with E-state index >= 15 is 0 Å². The average Bonchev–Trinajstić information content (AvgIpc) is 3.62. The number of hydrogen-bond donors (Lipinski definition) is 2. The predicted octanol–water partition coefficient (Wildman–Crippen LogP) is 2.58. The van der Waals surface area contributed by atoms with E-state index in [9.17, 15) is 22.8 Å². The number of carbonyl (C=O) groups excluding carboxylic acids is 3. The van der Waals surface area contributed by atoms with Crippen molar-refractivity contribution < 1.29 is 22.8 Å². The molecule has 2 aliphatic rings. The minimum atomic E-state index is -4.14. The van der Waals surface area contributed by atoms with Gasteiger partial charge in [-0.2, -0.15) is 0 Å². The van der Waals surface area contributed by atoms with Gasteiger partial charge in [-0.1, -0.05) is 54.6 Å². The van der Waals surface area contributed by atoms with E-state index in [1.807, 2.05) is 30.3 Å². The number of hydrogen-bond acceptors (Lipinski definition) is 5. The Morgan fingerprint density at radius 3 is 2.06 bits per heavy atom. The molecule has 5 rings (SSSR count). The predicted molar refractivity (Wildman–Crippen MR) is 116 cm³/mol. The summed E-state index contributed by atoms with van der Waals surface area (Å²) in [7, 11) is -4.14. The van der Waals surface area contributed by atoms with Gasteiger partial charge in [0.2, 0.25) is 5.91 Å². The Labute approximate surface area is 184 Å². The molecule has 0 saturated heterocycles. The molecule has 3 aromatic rings. The Morgan fingerprint density at radius 2 is 1.38 bits per heavy atom. The molecule has 0 spiro atoms. The van der Waals surface area contributed by atoms with Crippen molar-refractivity contribution in [1.29, 1.82) is 0 Å². The molecule has 0 aliphatic heterocycles. The van der Waals surface area contributed by atoms with Crippen LogP contribution in [0.25, 0.3) is 0 Å². The Hall–Kier alpha value is -3.62. The standard InChI is InChI=1S/C24H18N2O5S/c27-22-16-8-4-5-9-17(16)23(28)20-12-15(10-11-18(20)22)32(30,31)26-25-24(29)21-13-19(21)14-6-2-1-3-7-14/h1-12,19,21,26H,13H2,(H,25,29)/t19-,21+/m0/s1. The zero-order chi connectivity index (χ0) is 22.5. The number of nitrogens with one attached hydrogen (secondary N) is 2. The van der Waals surface area contributed by atoms with Crippen LogP contribution >= 0.6 is 0 Å². The molecule has 0 heterocycles. The molecule has 0 bridgehead atoms. The van der Waals surface area contributed by atoms with Crippen LogP contribution in [-0.4, -0.2) is 25.9 Å². The smallest absolute Gasteiger partial charge is 0.257 e. The van der Waals surface area contributed by atoms with Gasteiger partial charge in [0.1, 0.15) is 0 Å². The number of sulfonamides is 1. The molecule has 1 amide bonds. The Kier molecular flexibility index (Phi) is 4.76. The minimum absolute atomic E-state index is 0.0224. The van der Waals surface area contributed by atoms with Gasteiger partial charge in [-0.05, 0) is 36.1 Å². The monoisotopic (exact) mass is 446 g/mol. The van der Waals surface area contributed by atoms with Gasteiger partial charge in [-0.15, -0.1) is 4.83 Å². The van der Waals surface area contributed by atoms with Gasteiger partial charge < -0.3 is 0 Å². The number of hydrazine groups is 1. The lowest BCUT2D eigenvalue weighted by atomic mass is 9.84. The van der Waals surface area contributed by atoms with E-state index in [0.717, 1.165) is 5.56 Å². The second kappa shape index (κ2) is 7.51. The largest absolute Gasteiger partial charge is 0.289 e. The molecule has 0 aromatic heterocycles. The van der Waals surface area contributed by atoms with Crippen LogP contribution in [0, 0.1) is 5.92 Å². The maximum absolute atomic E-state index is 12.8. The highest BCUT2D eigenvalue weighted by atomic mass is 32.2. The normalized spacial score (nSPS) is 19.1. The van der Waals surface area contributed by atoms with Gasteiger partial charge in [0.05, 0.1) is 4.90 Å². The second-order valence-corrected chi connectivity index (χ2v) is 9.55. The van der Waals surface area contributed by atoms with E-state index in [4.69, 9.17) is 0 Å². The van der Waals surface area contributed by atoms with Gasteiger partial charge in [-0.25, -0.2) is 8.42 Å². The van der Waals surface area contributed by atoms with Gasteiger partial charge in [0.25, 0.3) is 10.0 Å². The van der Waals surface area contributed by atoms with E-state index in [1.165, 1.54) is 24.3 Å². The summed E-state index contributed by atoms with van der Waals surface area (Å²) in [5, 5.41) is 0. The first-order valence-electron chi connectivity index (χ1n) is 10.1. The Balaban J connectivity index is 1.32. The minimum Gasteiger partial charge on any atom is -0.289 e. The lowest BCUT2D eigenvalue weighted by molar-refractivity contribution is -0.122. The molecule has 7 nitrogen and oxygen atoms in total. The highest BCUT2D eigenvalue weighted by Crippen LogP contribution is 2.47. The molecule has 8 heteroatoms. The zero-order valence-corrected chi connectivity index (χ0v) is 17.6. The highest BCUT2D eigenvalue weighted by Gasteiger charge is 2.44. The van der Waals surface area contributed by atoms with E-state index in [1.54, 1.807) is 18.2 Å². The van der Waals surface area contributed by atoms with E-state index in [2.05, 4.69) is 10.3 Å². The number of fused-ring (bicyclic) bond motifs is 2. The van der Waals surface area contributed by atoms with Crippen molar-refractivity contribution in [2.45, 2.75) is 17.2 Å². The van der Waals surface area contributed by atoms with Gasteiger partial charge in [-0.3, -0.25) is 19.8 Å². The fourth-order valence-electron chi connectivity index (χ4n) is 4.07. The summed E-state index contributed by atoms with van der Waals surface area (Å²) in [6, 6.07) is 19.7. The van der Waals surface area contributed by atoms with E-state index in [0.29, 0.717) is 12.0 Å². The van der Waals surface area contributed by atoms with E-state index in [-0.39, 0.29) is 39.2 Å². The summed E-state index contributed by atoms with van der Waals surface area (Å²) in [6.45, 7) is 0. The molecule has 2 atom stereocenters. The Morgan fingerprint density at radius 1 is 0.781 bits per heavy atom. The van der Waals surface area contributed by atoms with Gasteiger partial charge in [0.15, 0.2) is 11.6 Å². The maximum Gasteiger partial charge on any atom is 0.257 e. The summed E-state index contributed by atoms with van der Waals surface area (Å²) >= 11 is 0. The lowest BCUT2D eigenvalue weighted by Gasteiger charge is -2.18. The van der Waals surface area contributed by atoms with Crippen molar-refractivity contribution in [3.63, 3.8) is 0 Å². The Bertz CT molecular complexity index is 1380. The van der Waals surface area contributed by atoms with Crippen LogP contribution in [0.1, 0.15) is 49.7 Å². The lowest BCUT2D eigenvalue weighted by Crippen LogP contribution is -2.42. The third kappa shape index (κ3) is 3.43. The second-order valence-electron chi connectivity index (χ2n) is 7.87. The first-order valence-corrected chi connectivity index (χ1v) is 11.5. The molecule has 0 radical (unpaired) electrons. The van der Waals surface area contributed by atoms with Crippen molar-refractivity contribution in [3.05, 3.63) is 101 Å². The van der Waals surface area contributed by atoms with Crippen LogP contribution in [0.4, 0.5) is 0 Å². The van der Waals surface area contributed by atoms with Crippen LogP contribution < -0.4 is 10.3 Å². The average molecular weight is 446 g/mol. The third-order valence-corrected chi connectivity index (χ3v) is 7.12. The molecule has 32 heavy (non-hydrogen) atoms. The van der Waals surface area contributed by atoms with Crippen molar-refractivity contribution in [3.8, 4) is 0 Å². The number of amides is 1. The molecule has 1 fully saturated rings. The van der Waals surface area contributed by atoms with Crippen molar-refractivity contribution in [2.75, 3.05) is 0 Å². The summed E-state index contributed by atoms with van der Waals surface area (Å²) in [5.74, 6) is -1.41. The molecule has 1 saturated carbocycles. The molecule has 2 N–H and O–H groups in total. The number of carbonyl (C=O) groups is 3. The summed E-state index contributed by atoms with van der Waals surface area (Å²) in [5.41, 5.74) is 4.01. The van der Waals surface area contributed by atoms with Crippen molar-refractivity contribution >= 4 is 27.5 Å². The number of rotatable bonds is 5. The van der Waals surface area contributed by atoms with Crippen molar-refractivity contribution in [1.82, 2.24) is 10.3 Å². The van der Waals surface area contributed by atoms with Crippen LogP contribution in [0.3, 0.4) is 0 Å². The molecule has 0 unspecified atom stereocenters. The molecular weight excluding hydrogens is 428 g/mol. The fraction of sp³-hybridized carbons (Fsp3) is 0.125. The summed E-state index contributed by atoms with van der Waals surface area (Å²) < 4.78 is 25.5. The zero-order valence-electron chi connectivity index (χ0n) is 16.7. The quantitative estimate of drug-likeness (QED) is 0.458. The van der Waals surface area contributed by atoms with Crippen LogP contribution in [-0.2, 0) is 14.8 Å². The fourth-order valence-corrected chi connectivity index (χ4v) is 4.94. The number of ketones is 2. The summed E-state index contributed by atoms with van der Waals surface area (Å²) in [4.78, 5) is 39.8. The number of benzene rings is 3. The molecule has 3 aromatic carbocycles. The maximum atomic E-state index is 12.8. The summed E-state index contributed by atoms with van der Waals surface area (Å²) in [6.07, 6.45) is 0.645. The van der Waals surface area contributed by atoms with Crippen LogP contribution in [0.5, 0.6) is 0 Å². The first kappa shape index (κ1) is 20.3. The van der Waals surface area contributed by atoms with Crippen molar-refractivity contribution in [2.24, 2.45) is 5.92 Å². The molecule has 160 valence electrons. The van der Waals surface area contributed by atoms with Gasteiger partial charge in [0, 0.05) is 28.2 Å². The third-order valence-electron chi connectivity index (χ3n) is 5.87. The highest BCUT2D eigenvalue weighted by molar-refractivity contribution is 7.89. The topological polar surface area (TPSA) is 109 Å². The first-order chi connectivity index (χ1) is 15.4. The van der Waals surface area contributed by atoms with Crippen LogP contribution in [0.15, 0.2) is 77.7 Å². The SMILES string of the molecule is O=C1c2ccccc2C(=O)c2cc(S(=O)(=O)NNC(=O)[C@@H]3C[C@H]3c3ccccc3)ccc21.